The van der Waals surface area contributed by atoms with Gasteiger partial charge in [0, 0.05) is 29.0 Å². The predicted octanol–water partition coefficient (Wildman–Crippen LogP) is 2.37. The predicted molar refractivity (Wildman–Crippen MR) is 72.0 cm³/mol. The lowest BCUT2D eigenvalue weighted by Crippen LogP contribution is -2.41. The van der Waals surface area contributed by atoms with Crippen LogP contribution in [-0.4, -0.2) is 45.0 Å². The van der Waals surface area contributed by atoms with Crippen LogP contribution in [0.3, 0.4) is 0 Å². The van der Waals surface area contributed by atoms with Crippen molar-refractivity contribution in [3.8, 4) is 0 Å². The zero-order valence-corrected chi connectivity index (χ0v) is 11.6. The van der Waals surface area contributed by atoms with Crippen molar-refractivity contribution in [2.75, 3.05) is 32.9 Å². The highest BCUT2D eigenvalue weighted by Gasteiger charge is 2.15. The minimum atomic E-state index is -0.588. The van der Waals surface area contributed by atoms with E-state index in [-0.39, 0.29) is 44.9 Å². The van der Waals surface area contributed by atoms with E-state index in [1.54, 1.807) is 0 Å². The first kappa shape index (κ1) is 17.8. The Labute approximate surface area is 116 Å². The third-order valence-corrected chi connectivity index (χ3v) is 2.31. The molecule has 1 unspecified atom stereocenters. The Morgan fingerprint density at radius 1 is 1.20 bits per heavy atom. The standard InChI is InChI=1S/C10H19N7O3/c1-8(2)9(7-14-17-12)15-10(18)20-6-5-19-4-3-13-16-11/h8-9H,3-7H2,1-2H3,(H,15,18). The summed E-state index contributed by atoms with van der Waals surface area (Å²) in [6.07, 6.45) is -0.588. The normalized spacial score (nSPS) is 11.2. The fourth-order valence-electron chi connectivity index (χ4n) is 1.19. The highest BCUT2D eigenvalue weighted by Crippen LogP contribution is 2.02. The van der Waals surface area contributed by atoms with Crippen LogP contribution in [0.25, 0.3) is 20.9 Å². The molecule has 0 aliphatic heterocycles. The maximum absolute atomic E-state index is 11.5. The van der Waals surface area contributed by atoms with E-state index in [9.17, 15) is 4.79 Å². The zero-order valence-electron chi connectivity index (χ0n) is 11.6. The number of carbonyl (C=O) groups excluding carboxylic acids is 1. The van der Waals surface area contributed by atoms with E-state index in [1.165, 1.54) is 0 Å². The Balaban J connectivity index is 3.79. The zero-order chi connectivity index (χ0) is 15.2. The lowest BCUT2D eigenvalue weighted by molar-refractivity contribution is 0.0742. The molecule has 10 heteroatoms. The molecule has 1 N–H and O–H groups in total. The SMILES string of the molecule is CC(C)C(CN=[N+]=[N-])NC(=O)OCCOCCN=[N+]=[N-]. The first-order chi connectivity index (χ1) is 9.61. The van der Waals surface area contributed by atoms with Gasteiger partial charge < -0.3 is 14.8 Å². The van der Waals surface area contributed by atoms with Gasteiger partial charge in [0.05, 0.1) is 13.2 Å². The molecule has 1 amide bonds. The summed E-state index contributed by atoms with van der Waals surface area (Å²) >= 11 is 0. The van der Waals surface area contributed by atoms with Gasteiger partial charge in [-0.1, -0.05) is 24.1 Å². The fraction of sp³-hybridized carbons (Fsp3) is 0.900. The van der Waals surface area contributed by atoms with Gasteiger partial charge in [-0.05, 0) is 17.0 Å². The van der Waals surface area contributed by atoms with Crippen molar-refractivity contribution in [2.24, 2.45) is 16.1 Å². The van der Waals surface area contributed by atoms with Crippen LogP contribution in [0.2, 0.25) is 0 Å². The second-order valence-electron chi connectivity index (χ2n) is 4.11. The largest absolute Gasteiger partial charge is 0.447 e. The molecule has 20 heavy (non-hydrogen) atoms. The van der Waals surface area contributed by atoms with Gasteiger partial charge in [0.1, 0.15) is 6.61 Å². The number of nitrogens with zero attached hydrogens (tertiary/aromatic N) is 6. The molecule has 1 atom stereocenters. The Morgan fingerprint density at radius 3 is 2.50 bits per heavy atom. The second-order valence-corrected chi connectivity index (χ2v) is 4.11. The molecule has 0 heterocycles. The molecule has 112 valence electrons. The minimum Gasteiger partial charge on any atom is -0.447 e. The van der Waals surface area contributed by atoms with E-state index in [2.05, 4.69) is 25.4 Å². The first-order valence-electron chi connectivity index (χ1n) is 6.14. The number of hydrogen-bond donors (Lipinski definition) is 1. The molecule has 0 saturated heterocycles. The summed E-state index contributed by atoms with van der Waals surface area (Å²) in [6, 6.07) is -0.274. The number of hydrogen-bond acceptors (Lipinski definition) is 5. The molecule has 0 fully saturated rings. The van der Waals surface area contributed by atoms with Gasteiger partial charge in [-0.25, -0.2) is 4.79 Å². The van der Waals surface area contributed by atoms with Gasteiger partial charge in [-0.2, -0.15) is 0 Å². The number of nitrogens with one attached hydrogen (secondary N) is 1. The van der Waals surface area contributed by atoms with Crippen molar-refractivity contribution in [1.82, 2.24) is 5.32 Å². The summed E-state index contributed by atoms with van der Waals surface area (Å²) in [5, 5.41) is 9.33. The fourth-order valence-corrected chi connectivity index (χ4v) is 1.19. The van der Waals surface area contributed by atoms with Gasteiger partial charge in [-0.3, -0.25) is 0 Å². The lowest BCUT2D eigenvalue weighted by Gasteiger charge is -2.19. The van der Waals surface area contributed by atoms with Crippen molar-refractivity contribution in [1.29, 1.82) is 0 Å². The van der Waals surface area contributed by atoms with E-state index >= 15 is 0 Å². The van der Waals surface area contributed by atoms with E-state index in [0.717, 1.165) is 0 Å². The number of azide groups is 2. The summed E-state index contributed by atoms with van der Waals surface area (Å²) in [5.74, 6) is 0.119. The van der Waals surface area contributed by atoms with Gasteiger partial charge >= 0.3 is 6.09 Å². The summed E-state index contributed by atoms with van der Waals surface area (Å²) in [6.45, 7) is 4.80. The number of ether oxygens (including phenoxy) is 2. The molecule has 0 bridgehead atoms. The molecule has 0 aliphatic carbocycles. The van der Waals surface area contributed by atoms with Crippen molar-refractivity contribution >= 4 is 6.09 Å². The average Bonchev–Trinajstić information content (AvgIpc) is 2.42. The van der Waals surface area contributed by atoms with Gasteiger partial charge in [0.15, 0.2) is 0 Å². The minimum absolute atomic E-state index is 0.0917. The Bertz CT molecular complexity index is 375. The molecule has 0 aromatic rings. The number of carbonyl (C=O) groups is 1. The Kier molecular flexibility index (Phi) is 10.6. The molecule has 10 nitrogen and oxygen atoms in total. The molecule has 0 aliphatic rings. The van der Waals surface area contributed by atoms with Crippen LogP contribution in [0.15, 0.2) is 10.2 Å². The summed E-state index contributed by atoms with van der Waals surface area (Å²) in [5.41, 5.74) is 16.3. The third kappa shape index (κ3) is 9.84. The molecule has 0 rings (SSSR count). The van der Waals surface area contributed by atoms with Crippen LogP contribution in [0.1, 0.15) is 13.8 Å². The quantitative estimate of drug-likeness (QED) is 0.284. The number of alkyl carbamates (subject to hydrolysis) is 1. The first-order valence-corrected chi connectivity index (χ1v) is 6.14. The van der Waals surface area contributed by atoms with E-state index < -0.39 is 6.09 Å². The molecule has 0 radical (unpaired) electrons. The number of rotatable bonds is 10. The highest BCUT2D eigenvalue weighted by molar-refractivity contribution is 5.67. The summed E-state index contributed by atoms with van der Waals surface area (Å²) < 4.78 is 9.96. The third-order valence-electron chi connectivity index (χ3n) is 2.31. The van der Waals surface area contributed by atoms with Crippen LogP contribution < -0.4 is 5.32 Å². The molecule has 0 saturated carbocycles. The van der Waals surface area contributed by atoms with Crippen LogP contribution in [-0.2, 0) is 9.47 Å². The molecular weight excluding hydrogens is 266 g/mol. The van der Waals surface area contributed by atoms with Gasteiger partial charge in [0.2, 0.25) is 0 Å². The topological polar surface area (TPSA) is 145 Å². The van der Waals surface area contributed by atoms with Crippen LogP contribution in [0.4, 0.5) is 4.79 Å². The maximum atomic E-state index is 11.5. The lowest BCUT2D eigenvalue weighted by atomic mass is 10.1. The molecule has 0 aromatic carbocycles. The molecule has 0 aromatic heterocycles. The summed E-state index contributed by atoms with van der Waals surface area (Å²) in [7, 11) is 0. The van der Waals surface area contributed by atoms with Crippen molar-refractivity contribution in [3.63, 3.8) is 0 Å². The van der Waals surface area contributed by atoms with Gasteiger partial charge in [0.25, 0.3) is 0 Å². The Hall–Kier alpha value is -2.15. The maximum Gasteiger partial charge on any atom is 0.407 e. The van der Waals surface area contributed by atoms with Gasteiger partial charge in [-0.15, -0.1) is 0 Å². The monoisotopic (exact) mass is 285 g/mol. The summed E-state index contributed by atoms with van der Waals surface area (Å²) in [4.78, 5) is 16.7. The van der Waals surface area contributed by atoms with Crippen LogP contribution in [0.5, 0.6) is 0 Å². The Morgan fingerprint density at radius 2 is 1.90 bits per heavy atom. The average molecular weight is 285 g/mol. The van der Waals surface area contributed by atoms with Crippen molar-refractivity contribution < 1.29 is 14.3 Å². The van der Waals surface area contributed by atoms with Crippen LogP contribution >= 0.6 is 0 Å². The van der Waals surface area contributed by atoms with E-state index in [0.29, 0.717) is 0 Å². The molecule has 0 spiro atoms. The van der Waals surface area contributed by atoms with Crippen LogP contribution in [0, 0.1) is 5.92 Å². The van der Waals surface area contributed by atoms with E-state index in [1.807, 2.05) is 13.8 Å². The van der Waals surface area contributed by atoms with E-state index in [4.69, 9.17) is 20.5 Å². The second kappa shape index (κ2) is 11.9. The smallest absolute Gasteiger partial charge is 0.407 e. The van der Waals surface area contributed by atoms with Crippen molar-refractivity contribution in [3.05, 3.63) is 20.9 Å². The molecular formula is C10H19N7O3. The highest BCUT2D eigenvalue weighted by atomic mass is 16.6. The van der Waals surface area contributed by atoms with Crippen molar-refractivity contribution in [2.45, 2.75) is 19.9 Å². The number of amides is 1.